The van der Waals surface area contributed by atoms with Gasteiger partial charge in [0.25, 0.3) is 0 Å². The number of halogens is 1. The van der Waals surface area contributed by atoms with Crippen LogP contribution in [0.2, 0.25) is 5.02 Å². The molecule has 3 aromatic rings. The van der Waals surface area contributed by atoms with Gasteiger partial charge in [-0.1, -0.05) is 41.9 Å². The fourth-order valence-electron chi connectivity index (χ4n) is 2.51. The maximum Gasteiger partial charge on any atom is 0.233 e. The van der Waals surface area contributed by atoms with Gasteiger partial charge in [-0.3, -0.25) is 4.79 Å². The topological polar surface area (TPSA) is 54.9 Å². The molecule has 1 N–H and O–H groups in total. The second-order valence-corrected chi connectivity index (χ2v) is 7.74. The monoisotopic (exact) mass is 385 g/mol. The Kier molecular flexibility index (Phi) is 6.12. The standard InChI is InChI=1S/C20H20ClN3OS/c1-13-19(24-18-10-6-5-9-17(18)23-13)12-26-14(2)20(25)22-11-15-7-3-4-8-16(15)21/h3-10,14H,11-12H2,1-2H3,(H,22,25)/t14-/m0/s1. The van der Waals surface area contributed by atoms with Crippen molar-refractivity contribution < 1.29 is 4.79 Å². The third-order valence-electron chi connectivity index (χ3n) is 4.09. The van der Waals surface area contributed by atoms with Crippen LogP contribution in [0.15, 0.2) is 48.5 Å². The molecule has 0 aliphatic rings. The van der Waals surface area contributed by atoms with Crippen LogP contribution >= 0.6 is 23.4 Å². The fourth-order valence-corrected chi connectivity index (χ4v) is 3.63. The maximum atomic E-state index is 12.3. The quantitative estimate of drug-likeness (QED) is 0.677. The van der Waals surface area contributed by atoms with Crippen molar-refractivity contribution in [1.29, 1.82) is 0 Å². The maximum absolute atomic E-state index is 12.3. The molecule has 4 nitrogen and oxygen atoms in total. The normalized spacial score (nSPS) is 12.1. The van der Waals surface area contributed by atoms with Crippen molar-refractivity contribution >= 4 is 40.3 Å². The molecule has 0 fully saturated rings. The Morgan fingerprint density at radius 3 is 2.50 bits per heavy atom. The van der Waals surface area contributed by atoms with E-state index >= 15 is 0 Å². The number of amides is 1. The van der Waals surface area contributed by atoms with Gasteiger partial charge in [0.05, 0.1) is 27.7 Å². The van der Waals surface area contributed by atoms with Crippen LogP contribution in [0.4, 0.5) is 0 Å². The molecule has 26 heavy (non-hydrogen) atoms. The van der Waals surface area contributed by atoms with Crippen LogP contribution in [-0.4, -0.2) is 21.1 Å². The largest absolute Gasteiger partial charge is 0.351 e. The van der Waals surface area contributed by atoms with E-state index in [0.717, 1.165) is 28.0 Å². The smallest absolute Gasteiger partial charge is 0.233 e. The Morgan fingerprint density at radius 2 is 1.77 bits per heavy atom. The van der Waals surface area contributed by atoms with Crippen molar-refractivity contribution in [3.05, 3.63) is 70.5 Å². The van der Waals surface area contributed by atoms with Crippen LogP contribution in [0, 0.1) is 6.92 Å². The zero-order chi connectivity index (χ0) is 18.5. The molecule has 134 valence electrons. The molecule has 1 heterocycles. The van der Waals surface area contributed by atoms with E-state index in [0.29, 0.717) is 17.3 Å². The van der Waals surface area contributed by atoms with Crippen LogP contribution < -0.4 is 5.32 Å². The summed E-state index contributed by atoms with van der Waals surface area (Å²) in [5, 5.41) is 3.41. The fraction of sp³-hybridized carbons (Fsp3) is 0.250. The molecular weight excluding hydrogens is 366 g/mol. The minimum atomic E-state index is -0.190. The van der Waals surface area contributed by atoms with Gasteiger partial charge in [0.2, 0.25) is 5.91 Å². The van der Waals surface area contributed by atoms with Crippen molar-refractivity contribution in [2.24, 2.45) is 0 Å². The number of rotatable bonds is 6. The van der Waals surface area contributed by atoms with E-state index in [9.17, 15) is 4.79 Å². The van der Waals surface area contributed by atoms with Crippen molar-refractivity contribution in [2.75, 3.05) is 0 Å². The SMILES string of the molecule is Cc1nc2ccccc2nc1CS[C@@H](C)C(=O)NCc1ccccc1Cl. The minimum absolute atomic E-state index is 0.0127. The molecule has 0 saturated carbocycles. The lowest BCUT2D eigenvalue weighted by molar-refractivity contribution is -0.120. The number of hydrogen-bond donors (Lipinski definition) is 1. The molecule has 0 unspecified atom stereocenters. The average molecular weight is 386 g/mol. The number of thioether (sulfide) groups is 1. The number of aryl methyl sites for hydroxylation is 1. The van der Waals surface area contributed by atoms with Crippen molar-refractivity contribution in [1.82, 2.24) is 15.3 Å². The van der Waals surface area contributed by atoms with Crippen molar-refractivity contribution in [3.63, 3.8) is 0 Å². The summed E-state index contributed by atoms with van der Waals surface area (Å²) in [7, 11) is 0. The highest BCUT2D eigenvalue weighted by Gasteiger charge is 2.15. The summed E-state index contributed by atoms with van der Waals surface area (Å²) in [6.45, 7) is 4.28. The van der Waals surface area contributed by atoms with E-state index in [1.807, 2.05) is 62.4 Å². The van der Waals surface area contributed by atoms with Crippen molar-refractivity contribution in [3.8, 4) is 0 Å². The summed E-state index contributed by atoms with van der Waals surface area (Å²) < 4.78 is 0. The third-order valence-corrected chi connectivity index (χ3v) is 5.62. The number of carbonyl (C=O) groups excluding carboxylic acids is 1. The van der Waals surface area contributed by atoms with Gasteiger partial charge in [-0.15, -0.1) is 11.8 Å². The van der Waals surface area contributed by atoms with Gasteiger partial charge in [-0.05, 0) is 37.6 Å². The molecular formula is C20H20ClN3OS. The zero-order valence-electron chi connectivity index (χ0n) is 14.7. The van der Waals surface area contributed by atoms with Crippen LogP contribution in [0.1, 0.15) is 23.9 Å². The molecule has 0 radical (unpaired) electrons. The first kappa shape index (κ1) is 18.7. The lowest BCUT2D eigenvalue weighted by Gasteiger charge is -2.13. The van der Waals surface area contributed by atoms with Gasteiger partial charge in [0.1, 0.15) is 0 Å². The molecule has 3 rings (SSSR count). The molecule has 1 aromatic heterocycles. The molecule has 1 atom stereocenters. The van der Waals surface area contributed by atoms with E-state index in [4.69, 9.17) is 11.6 Å². The van der Waals surface area contributed by atoms with Crippen LogP contribution in [0.3, 0.4) is 0 Å². The molecule has 1 amide bonds. The van der Waals surface area contributed by atoms with Crippen molar-refractivity contribution in [2.45, 2.75) is 31.4 Å². The first-order valence-corrected chi connectivity index (χ1v) is 9.82. The number of nitrogens with one attached hydrogen (secondary N) is 1. The minimum Gasteiger partial charge on any atom is -0.351 e. The molecule has 0 aliphatic heterocycles. The Morgan fingerprint density at radius 1 is 1.12 bits per heavy atom. The summed E-state index contributed by atoms with van der Waals surface area (Å²) in [6, 6.07) is 15.3. The highest BCUT2D eigenvalue weighted by Crippen LogP contribution is 2.21. The molecule has 6 heteroatoms. The van der Waals surface area contributed by atoms with E-state index in [2.05, 4.69) is 15.3 Å². The van der Waals surface area contributed by atoms with Crippen LogP contribution in [0.25, 0.3) is 11.0 Å². The number of benzene rings is 2. The number of carbonyl (C=O) groups is 1. The molecule has 0 bridgehead atoms. The molecule has 0 spiro atoms. The Balaban J connectivity index is 1.58. The predicted octanol–water partition coefficient (Wildman–Crippen LogP) is 4.53. The Bertz CT molecular complexity index is 932. The lowest BCUT2D eigenvalue weighted by Crippen LogP contribution is -2.30. The lowest BCUT2D eigenvalue weighted by atomic mass is 10.2. The number of hydrogen-bond acceptors (Lipinski definition) is 4. The predicted molar refractivity (Wildman–Crippen MR) is 108 cm³/mol. The van der Waals surface area contributed by atoms with Gasteiger partial charge in [-0.2, -0.15) is 0 Å². The molecule has 0 saturated heterocycles. The van der Waals surface area contributed by atoms with Gasteiger partial charge in [0, 0.05) is 17.3 Å². The van der Waals surface area contributed by atoms with E-state index in [-0.39, 0.29) is 11.2 Å². The highest BCUT2D eigenvalue weighted by molar-refractivity contribution is 7.99. The van der Waals surface area contributed by atoms with Gasteiger partial charge in [0.15, 0.2) is 0 Å². The number of fused-ring (bicyclic) bond motifs is 1. The summed E-state index contributed by atoms with van der Waals surface area (Å²) in [4.78, 5) is 21.6. The van der Waals surface area contributed by atoms with E-state index < -0.39 is 0 Å². The van der Waals surface area contributed by atoms with Gasteiger partial charge in [-0.25, -0.2) is 9.97 Å². The average Bonchev–Trinajstić information content (AvgIpc) is 2.65. The number of nitrogens with zero attached hydrogens (tertiary/aromatic N) is 2. The van der Waals surface area contributed by atoms with Crippen LogP contribution in [-0.2, 0) is 17.1 Å². The summed E-state index contributed by atoms with van der Waals surface area (Å²) >= 11 is 7.67. The number of aromatic nitrogens is 2. The number of para-hydroxylation sites is 2. The third kappa shape index (κ3) is 4.54. The molecule has 0 aliphatic carbocycles. The summed E-state index contributed by atoms with van der Waals surface area (Å²) in [6.07, 6.45) is 0. The second-order valence-electron chi connectivity index (χ2n) is 6.01. The summed E-state index contributed by atoms with van der Waals surface area (Å²) in [5.41, 5.74) is 4.50. The Labute approximate surface area is 162 Å². The van der Waals surface area contributed by atoms with Crippen LogP contribution in [0.5, 0.6) is 0 Å². The van der Waals surface area contributed by atoms with E-state index in [1.54, 1.807) is 11.8 Å². The summed E-state index contributed by atoms with van der Waals surface area (Å²) in [5.74, 6) is 0.631. The van der Waals surface area contributed by atoms with Gasteiger partial charge >= 0.3 is 0 Å². The Hall–Kier alpha value is -2.11. The molecule has 2 aromatic carbocycles. The first-order valence-electron chi connectivity index (χ1n) is 8.39. The van der Waals surface area contributed by atoms with E-state index in [1.165, 1.54) is 0 Å². The zero-order valence-corrected chi connectivity index (χ0v) is 16.3. The first-order chi connectivity index (χ1) is 12.5. The second kappa shape index (κ2) is 8.52. The highest BCUT2D eigenvalue weighted by atomic mass is 35.5. The van der Waals surface area contributed by atoms with Gasteiger partial charge < -0.3 is 5.32 Å².